The summed E-state index contributed by atoms with van der Waals surface area (Å²) in [6.07, 6.45) is 3.88. The second-order valence-corrected chi connectivity index (χ2v) is 2.95. The van der Waals surface area contributed by atoms with E-state index in [1.54, 1.807) is 6.21 Å². The molecule has 1 fully saturated rings. The molecular weight excluding hydrogens is 164 g/mol. The van der Waals surface area contributed by atoms with Gasteiger partial charge in [-0.25, -0.2) is 0 Å². The fourth-order valence-corrected chi connectivity index (χ4v) is 1.34. The van der Waals surface area contributed by atoms with Crippen LogP contribution in [-0.4, -0.2) is 24.0 Å². The van der Waals surface area contributed by atoms with E-state index in [-0.39, 0.29) is 18.4 Å². The van der Waals surface area contributed by atoms with Gasteiger partial charge in [-0.05, 0) is 25.3 Å². The standard InChI is InChI=1S/C7H14N2O.ClH/c1-6-2-3-8-7(4-6)5-9-10;/h5-8,10H,2-4H2,1H3;1H/t6-,7-;/m1./s1. The van der Waals surface area contributed by atoms with E-state index < -0.39 is 0 Å². The van der Waals surface area contributed by atoms with Crippen LogP contribution in [0.5, 0.6) is 0 Å². The molecule has 0 saturated carbocycles. The minimum absolute atomic E-state index is 0. The number of oxime groups is 1. The van der Waals surface area contributed by atoms with Crippen LogP contribution >= 0.6 is 12.4 Å². The third-order valence-electron chi connectivity index (χ3n) is 1.95. The molecular formula is C7H15ClN2O. The van der Waals surface area contributed by atoms with Crippen LogP contribution in [0.25, 0.3) is 0 Å². The summed E-state index contributed by atoms with van der Waals surface area (Å²) in [4.78, 5) is 0. The molecule has 1 aliphatic rings. The molecule has 0 amide bonds. The summed E-state index contributed by atoms with van der Waals surface area (Å²) >= 11 is 0. The Kier molecular flexibility index (Phi) is 5.24. The molecule has 1 rings (SSSR count). The first-order chi connectivity index (χ1) is 4.83. The van der Waals surface area contributed by atoms with Crippen molar-refractivity contribution in [3.05, 3.63) is 0 Å². The van der Waals surface area contributed by atoms with Gasteiger partial charge in [0.2, 0.25) is 0 Å². The van der Waals surface area contributed by atoms with E-state index in [2.05, 4.69) is 17.4 Å². The normalized spacial score (nSPS) is 31.7. The highest BCUT2D eigenvalue weighted by atomic mass is 35.5. The van der Waals surface area contributed by atoms with E-state index in [0.29, 0.717) is 0 Å². The SMILES string of the molecule is C[C@@H]1CCN[C@@H](C=NO)C1.Cl. The molecule has 2 atom stereocenters. The van der Waals surface area contributed by atoms with Gasteiger partial charge in [-0.1, -0.05) is 6.92 Å². The predicted molar refractivity (Wildman–Crippen MR) is 47.7 cm³/mol. The molecule has 0 bridgehead atoms. The average Bonchev–Trinajstić information content (AvgIpc) is 1.88. The van der Waals surface area contributed by atoms with Gasteiger partial charge in [0.05, 0.1) is 6.21 Å². The summed E-state index contributed by atoms with van der Waals surface area (Å²) in [6, 6.07) is 0.286. The van der Waals surface area contributed by atoms with E-state index >= 15 is 0 Å². The van der Waals surface area contributed by atoms with E-state index in [1.165, 1.54) is 6.42 Å². The van der Waals surface area contributed by atoms with Gasteiger partial charge in [-0.3, -0.25) is 0 Å². The second kappa shape index (κ2) is 5.38. The monoisotopic (exact) mass is 178 g/mol. The maximum Gasteiger partial charge on any atom is 0.0605 e. The van der Waals surface area contributed by atoms with Gasteiger partial charge in [-0.2, -0.15) is 0 Å². The van der Waals surface area contributed by atoms with Gasteiger partial charge in [-0.15, -0.1) is 17.6 Å². The maximum atomic E-state index is 8.23. The van der Waals surface area contributed by atoms with Crippen molar-refractivity contribution >= 4 is 18.6 Å². The van der Waals surface area contributed by atoms with Crippen LogP contribution < -0.4 is 5.32 Å². The lowest BCUT2D eigenvalue weighted by Gasteiger charge is -2.24. The Labute approximate surface area is 73.3 Å². The summed E-state index contributed by atoms with van der Waals surface area (Å²) in [7, 11) is 0. The van der Waals surface area contributed by atoms with Crippen LogP contribution in [0.15, 0.2) is 5.16 Å². The summed E-state index contributed by atoms with van der Waals surface area (Å²) in [6.45, 7) is 3.26. The zero-order chi connectivity index (χ0) is 7.40. The number of halogens is 1. The molecule has 1 heterocycles. The zero-order valence-electron chi connectivity index (χ0n) is 6.66. The number of nitrogens with zero attached hydrogens (tertiary/aromatic N) is 1. The molecule has 0 aromatic heterocycles. The van der Waals surface area contributed by atoms with Crippen LogP contribution in [0.4, 0.5) is 0 Å². The molecule has 2 N–H and O–H groups in total. The summed E-state index contributed by atoms with van der Waals surface area (Å²) < 4.78 is 0. The lowest BCUT2D eigenvalue weighted by atomic mass is 9.95. The Bertz CT molecular complexity index is 130. The van der Waals surface area contributed by atoms with Crippen LogP contribution in [0, 0.1) is 5.92 Å². The Hall–Kier alpha value is -0.280. The summed E-state index contributed by atoms with van der Waals surface area (Å²) in [5.41, 5.74) is 0. The van der Waals surface area contributed by atoms with Crippen molar-refractivity contribution in [2.45, 2.75) is 25.8 Å². The van der Waals surface area contributed by atoms with Crippen molar-refractivity contribution in [1.82, 2.24) is 5.32 Å². The summed E-state index contributed by atoms with van der Waals surface area (Å²) in [5.74, 6) is 0.754. The number of nitrogens with one attached hydrogen (secondary N) is 1. The fourth-order valence-electron chi connectivity index (χ4n) is 1.34. The van der Waals surface area contributed by atoms with Gasteiger partial charge < -0.3 is 10.5 Å². The zero-order valence-corrected chi connectivity index (χ0v) is 7.47. The molecule has 0 aliphatic carbocycles. The van der Waals surface area contributed by atoms with Gasteiger partial charge in [0.25, 0.3) is 0 Å². The largest absolute Gasteiger partial charge is 0.411 e. The van der Waals surface area contributed by atoms with E-state index in [1.807, 2.05) is 0 Å². The highest BCUT2D eigenvalue weighted by Gasteiger charge is 2.15. The Morgan fingerprint density at radius 2 is 2.36 bits per heavy atom. The molecule has 0 radical (unpaired) electrons. The number of piperidine rings is 1. The van der Waals surface area contributed by atoms with Crippen molar-refractivity contribution in [3.63, 3.8) is 0 Å². The first-order valence-corrected chi connectivity index (χ1v) is 3.74. The first-order valence-electron chi connectivity index (χ1n) is 3.74. The average molecular weight is 179 g/mol. The van der Waals surface area contributed by atoms with Crippen LogP contribution in [0.3, 0.4) is 0 Å². The van der Waals surface area contributed by atoms with Crippen molar-refractivity contribution in [3.8, 4) is 0 Å². The molecule has 0 aromatic carbocycles. The molecule has 0 unspecified atom stereocenters. The number of hydrogen-bond donors (Lipinski definition) is 2. The van der Waals surface area contributed by atoms with Crippen molar-refractivity contribution in [1.29, 1.82) is 0 Å². The van der Waals surface area contributed by atoms with Gasteiger partial charge in [0.1, 0.15) is 0 Å². The topological polar surface area (TPSA) is 44.6 Å². The Morgan fingerprint density at radius 3 is 2.91 bits per heavy atom. The number of rotatable bonds is 1. The first kappa shape index (κ1) is 10.7. The predicted octanol–water partition coefficient (Wildman–Crippen LogP) is 1.26. The molecule has 66 valence electrons. The van der Waals surface area contributed by atoms with Crippen molar-refractivity contribution in [2.24, 2.45) is 11.1 Å². The van der Waals surface area contributed by atoms with E-state index in [4.69, 9.17) is 5.21 Å². The lowest BCUT2D eigenvalue weighted by Crippen LogP contribution is -2.38. The third-order valence-corrected chi connectivity index (χ3v) is 1.95. The lowest BCUT2D eigenvalue weighted by molar-refractivity contribution is 0.311. The third kappa shape index (κ3) is 3.58. The molecule has 0 spiro atoms. The Morgan fingerprint density at radius 1 is 1.64 bits per heavy atom. The van der Waals surface area contributed by atoms with Gasteiger partial charge in [0.15, 0.2) is 0 Å². The Balaban J connectivity index is 0.000001000. The molecule has 4 heteroatoms. The quantitative estimate of drug-likeness (QED) is 0.361. The smallest absolute Gasteiger partial charge is 0.0605 e. The highest BCUT2D eigenvalue weighted by molar-refractivity contribution is 5.85. The fraction of sp³-hybridized carbons (Fsp3) is 0.857. The molecule has 0 aromatic rings. The molecule has 11 heavy (non-hydrogen) atoms. The van der Waals surface area contributed by atoms with Crippen LogP contribution in [0.1, 0.15) is 19.8 Å². The summed E-state index contributed by atoms with van der Waals surface area (Å²) in [5, 5.41) is 14.5. The maximum absolute atomic E-state index is 8.23. The van der Waals surface area contributed by atoms with Crippen LogP contribution in [0.2, 0.25) is 0 Å². The molecule has 3 nitrogen and oxygen atoms in total. The van der Waals surface area contributed by atoms with Crippen LogP contribution in [-0.2, 0) is 0 Å². The molecule has 1 aliphatic heterocycles. The number of hydrogen-bond acceptors (Lipinski definition) is 3. The molecule has 1 saturated heterocycles. The second-order valence-electron chi connectivity index (χ2n) is 2.95. The minimum Gasteiger partial charge on any atom is -0.411 e. The van der Waals surface area contributed by atoms with Crippen molar-refractivity contribution < 1.29 is 5.21 Å². The van der Waals surface area contributed by atoms with E-state index in [9.17, 15) is 0 Å². The van der Waals surface area contributed by atoms with E-state index in [0.717, 1.165) is 18.9 Å². The van der Waals surface area contributed by atoms with Crippen molar-refractivity contribution in [2.75, 3.05) is 6.54 Å². The van der Waals surface area contributed by atoms with Gasteiger partial charge in [0, 0.05) is 6.04 Å². The highest BCUT2D eigenvalue weighted by Crippen LogP contribution is 2.13. The minimum atomic E-state index is 0. The van der Waals surface area contributed by atoms with Gasteiger partial charge >= 0.3 is 0 Å².